The Morgan fingerprint density at radius 1 is 1.18 bits per heavy atom. The van der Waals surface area contributed by atoms with Crippen LogP contribution in [0.25, 0.3) is 22.9 Å². The fourth-order valence-electron chi connectivity index (χ4n) is 3.05. The van der Waals surface area contributed by atoms with E-state index in [4.69, 9.17) is 23.2 Å². The van der Waals surface area contributed by atoms with Crippen molar-refractivity contribution in [2.24, 2.45) is 0 Å². The normalized spacial score (nSPS) is 11.7. The molecule has 0 radical (unpaired) electrons. The molecular weight excluding hydrogens is 397 g/mol. The molecule has 4 rings (SSSR count). The third-order valence-corrected chi connectivity index (χ3v) is 5.20. The molecule has 138 valence electrons. The summed E-state index contributed by atoms with van der Waals surface area (Å²) in [4.78, 5) is 17.6. The zero-order chi connectivity index (χ0) is 19.8. The SMILES string of the molecule is Cc1c(C#N)c2nc3ccccc3n2c(=O)/c1=C/NNc1ccc(Cl)c(Cl)c1. The first-order chi connectivity index (χ1) is 13.5. The topological polar surface area (TPSA) is 82.2 Å². The Hall–Kier alpha value is -3.27. The number of nitrogens with one attached hydrogen (secondary N) is 2. The van der Waals surface area contributed by atoms with Crippen LogP contribution < -0.4 is 21.6 Å². The summed E-state index contributed by atoms with van der Waals surface area (Å²) in [5, 5.41) is 10.9. The standard InChI is InChI=1S/C20H13Cl2N5O/c1-11-13(9-23)19-25-17-4-2-3-5-18(17)27(19)20(28)14(11)10-24-26-12-6-7-15(21)16(22)8-12/h2-8,10,24,26H,1H3/b14-10+. The molecule has 2 aromatic heterocycles. The highest BCUT2D eigenvalue weighted by atomic mass is 35.5. The molecule has 2 aromatic carbocycles. The van der Waals surface area contributed by atoms with Crippen LogP contribution in [0.4, 0.5) is 5.69 Å². The van der Waals surface area contributed by atoms with Crippen molar-refractivity contribution in [3.05, 3.63) is 79.2 Å². The molecule has 0 amide bonds. The lowest BCUT2D eigenvalue weighted by Crippen LogP contribution is -2.36. The fourth-order valence-corrected chi connectivity index (χ4v) is 3.35. The Bertz CT molecular complexity index is 1390. The third kappa shape index (κ3) is 2.91. The summed E-state index contributed by atoms with van der Waals surface area (Å²) in [7, 11) is 0. The molecule has 0 aliphatic carbocycles. The number of hydrazine groups is 1. The minimum absolute atomic E-state index is 0.261. The molecule has 4 aromatic rings. The van der Waals surface area contributed by atoms with E-state index in [1.165, 1.54) is 10.6 Å². The monoisotopic (exact) mass is 409 g/mol. The van der Waals surface area contributed by atoms with Gasteiger partial charge in [-0.3, -0.25) is 9.20 Å². The molecule has 0 aliphatic heterocycles. The fraction of sp³-hybridized carbons (Fsp3) is 0.0500. The Morgan fingerprint density at radius 2 is 1.96 bits per heavy atom. The van der Waals surface area contributed by atoms with Gasteiger partial charge in [0, 0.05) is 6.20 Å². The molecule has 28 heavy (non-hydrogen) atoms. The zero-order valence-corrected chi connectivity index (χ0v) is 16.1. The first-order valence-corrected chi connectivity index (χ1v) is 9.07. The molecule has 0 atom stereocenters. The van der Waals surface area contributed by atoms with E-state index in [0.29, 0.717) is 48.8 Å². The van der Waals surface area contributed by atoms with Crippen LogP contribution >= 0.6 is 23.2 Å². The minimum atomic E-state index is -0.261. The van der Waals surface area contributed by atoms with Crippen molar-refractivity contribution in [3.8, 4) is 6.07 Å². The number of rotatable bonds is 3. The molecule has 0 fully saturated rings. The Balaban J connectivity index is 1.85. The first-order valence-electron chi connectivity index (χ1n) is 8.32. The molecule has 2 N–H and O–H groups in total. The summed E-state index contributed by atoms with van der Waals surface area (Å²) >= 11 is 11.9. The Labute approximate surface area is 169 Å². The van der Waals surface area contributed by atoms with Gasteiger partial charge in [0.25, 0.3) is 5.56 Å². The van der Waals surface area contributed by atoms with Crippen LogP contribution in [0.15, 0.2) is 47.3 Å². The van der Waals surface area contributed by atoms with Gasteiger partial charge >= 0.3 is 0 Å². The van der Waals surface area contributed by atoms with Crippen LogP contribution in [-0.4, -0.2) is 9.38 Å². The van der Waals surface area contributed by atoms with Crippen LogP contribution in [0.3, 0.4) is 0 Å². The maximum Gasteiger partial charge on any atom is 0.265 e. The number of aromatic nitrogens is 2. The number of nitrogens with zero attached hydrogens (tertiary/aromatic N) is 3. The molecule has 8 heteroatoms. The van der Waals surface area contributed by atoms with Crippen LogP contribution in [0.1, 0.15) is 11.1 Å². The van der Waals surface area contributed by atoms with Crippen molar-refractivity contribution < 1.29 is 0 Å². The lowest BCUT2D eigenvalue weighted by atomic mass is 10.1. The van der Waals surface area contributed by atoms with E-state index in [0.717, 1.165) is 0 Å². The number of fused-ring (bicyclic) bond motifs is 3. The third-order valence-electron chi connectivity index (χ3n) is 4.46. The Morgan fingerprint density at radius 3 is 2.71 bits per heavy atom. The first kappa shape index (κ1) is 18.1. The number of nitriles is 1. The maximum absolute atomic E-state index is 13.1. The highest BCUT2D eigenvalue weighted by Crippen LogP contribution is 2.24. The molecule has 0 unspecified atom stereocenters. The number of hydrogen-bond donors (Lipinski definition) is 2. The van der Waals surface area contributed by atoms with E-state index >= 15 is 0 Å². The lowest BCUT2D eigenvalue weighted by molar-refractivity contribution is 1.06. The van der Waals surface area contributed by atoms with Crippen LogP contribution in [0, 0.1) is 18.3 Å². The number of imidazole rings is 1. The van der Waals surface area contributed by atoms with Gasteiger partial charge in [0.2, 0.25) is 0 Å². The molecular formula is C20H13Cl2N5O. The molecule has 2 heterocycles. The van der Waals surface area contributed by atoms with Gasteiger partial charge in [0.15, 0.2) is 5.65 Å². The maximum atomic E-state index is 13.1. The number of halogens is 2. The lowest BCUT2D eigenvalue weighted by Gasteiger charge is -2.07. The van der Waals surface area contributed by atoms with Crippen LogP contribution in [0.5, 0.6) is 0 Å². The molecule has 0 spiro atoms. The summed E-state index contributed by atoms with van der Waals surface area (Å²) in [6.45, 7) is 1.73. The smallest absolute Gasteiger partial charge is 0.265 e. The van der Waals surface area contributed by atoms with Gasteiger partial charge < -0.3 is 10.9 Å². The number of anilines is 1. The highest BCUT2D eigenvalue weighted by molar-refractivity contribution is 6.42. The second-order valence-corrected chi connectivity index (χ2v) is 6.95. The summed E-state index contributed by atoms with van der Waals surface area (Å²) in [5.74, 6) is 0. The summed E-state index contributed by atoms with van der Waals surface area (Å²) < 4.78 is 1.47. The second-order valence-electron chi connectivity index (χ2n) is 6.13. The molecule has 0 bridgehead atoms. The number of hydrogen-bond acceptors (Lipinski definition) is 5. The molecule has 0 aliphatic rings. The predicted octanol–water partition coefficient (Wildman–Crippen LogP) is 3.41. The number of para-hydroxylation sites is 2. The summed E-state index contributed by atoms with van der Waals surface area (Å²) in [5.41, 5.74) is 8.83. The van der Waals surface area contributed by atoms with Gasteiger partial charge in [0.1, 0.15) is 6.07 Å². The average Bonchev–Trinajstić information content (AvgIpc) is 3.07. The quantitative estimate of drug-likeness (QED) is 0.506. The number of benzene rings is 2. The van der Waals surface area contributed by atoms with E-state index in [-0.39, 0.29) is 5.56 Å². The van der Waals surface area contributed by atoms with E-state index < -0.39 is 0 Å². The van der Waals surface area contributed by atoms with Crippen LogP contribution in [0.2, 0.25) is 10.0 Å². The van der Waals surface area contributed by atoms with Gasteiger partial charge in [-0.1, -0.05) is 35.3 Å². The van der Waals surface area contributed by atoms with E-state index in [1.54, 1.807) is 31.2 Å². The van der Waals surface area contributed by atoms with E-state index in [9.17, 15) is 10.1 Å². The number of pyridine rings is 1. The van der Waals surface area contributed by atoms with Crippen molar-refractivity contribution in [1.82, 2.24) is 14.8 Å². The summed E-state index contributed by atoms with van der Waals surface area (Å²) in [6.07, 6.45) is 1.52. The van der Waals surface area contributed by atoms with Gasteiger partial charge in [0.05, 0.1) is 37.5 Å². The molecule has 0 saturated heterocycles. The zero-order valence-electron chi connectivity index (χ0n) is 14.6. The van der Waals surface area contributed by atoms with E-state index in [2.05, 4.69) is 21.9 Å². The van der Waals surface area contributed by atoms with Gasteiger partial charge in [-0.25, -0.2) is 4.98 Å². The van der Waals surface area contributed by atoms with Crippen molar-refractivity contribution in [2.75, 3.05) is 5.43 Å². The van der Waals surface area contributed by atoms with Crippen molar-refractivity contribution in [3.63, 3.8) is 0 Å². The second kappa shape index (κ2) is 7.04. The van der Waals surface area contributed by atoms with Crippen molar-refractivity contribution in [1.29, 1.82) is 5.26 Å². The van der Waals surface area contributed by atoms with Crippen molar-refractivity contribution in [2.45, 2.75) is 6.92 Å². The Kier molecular flexibility index (Phi) is 4.55. The van der Waals surface area contributed by atoms with E-state index in [1.807, 2.05) is 18.2 Å². The molecule has 6 nitrogen and oxygen atoms in total. The predicted molar refractivity (Wildman–Crippen MR) is 111 cm³/mol. The van der Waals surface area contributed by atoms with Crippen molar-refractivity contribution >= 4 is 51.8 Å². The average molecular weight is 410 g/mol. The largest absolute Gasteiger partial charge is 0.307 e. The molecule has 0 saturated carbocycles. The van der Waals surface area contributed by atoms with Gasteiger partial charge in [-0.2, -0.15) is 5.26 Å². The minimum Gasteiger partial charge on any atom is -0.307 e. The van der Waals surface area contributed by atoms with Gasteiger partial charge in [-0.05, 0) is 42.8 Å². The van der Waals surface area contributed by atoms with Gasteiger partial charge in [-0.15, -0.1) is 0 Å². The summed E-state index contributed by atoms with van der Waals surface area (Å²) in [6, 6.07) is 14.5. The highest BCUT2D eigenvalue weighted by Gasteiger charge is 2.15. The van der Waals surface area contributed by atoms with Crippen LogP contribution in [-0.2, 0) is 0 Å².